The summed E-state index contributed by atoms with van der Waals surface area (Å²) >= 11 is 0. The zero-order valence-electron chi connectivity index (χ0n) is 32.9. The fourth-order valence-electron chi connectivity index (χ4n) is 9.17. The van der Waals surface area contributed by atoms with E-state index in [4.69, 9.17) is 24.1 Å². The topological polar surface area (TPSA) is 66.0 Å². The maximum atomic E-state index is 7.24. The van der Waals surface area contributed by atoms with E-state index in [2.05, 4.69) is 128 Å². The Kier molecular flexibility index (Phi) is 7.47. The lowest BCUT2D eigenvalue weighted by atomic mass is 9.74. The highest BCUT2D eigenvalue weighted by Gasteiger charge is 2.37. The number of aromatic nitrogens is 4. The van der Waals surface area contributed by atoms with Gasteiger partial charge in [-0.3, -0.25) is 0 Å². The maximum Gasteiger partial charge on any atom is 0.167 e. The van der Waals surface area contributed by atoms with Crippen LogP contribution in [0.2, 0.25) is 0 Å². The van der Waals surface area contributed by atoms with Gasteiger partial charge in [0.05, 0.1) is 22.0 Å². The maximum absolute atomic E-state index is 7.24. The standard InChI is InChI=1S/C54H36N4O2/c1-54(2)42-25-14-23-37(35-28-30-44-41(32-35)47-45(58(44)36-20-10-5-11-21-36)31-29-39-38-22-12-13-27-46(38)59-50(39)47)48(42)60-49-40(24-15-26-43(49)54)53-56-51(33-16-6-3-7-17-33)55-52(57-53)34-18-8-4-9-19-34/h3-32H,1-2H3. The van der Waals surface area contributed by atoms with Crippen molar-refractivity contribution >= 4 is 43.7 Å². The van der Waals surface area contributed by atoms with E-state index in [1.807, 2.05) is 72.8 Å². The first-order valence-corrected chi connectivity index (χ1v) is 20.3. The van der Waals surface area contributed by atoms with Crippen LogP contribution in [0.15, 0.2) is 186 Å². The van der Waals surface area contributed by atoms with Crippen LogP contribution in [0.4, 0.5) is 0 Å². The summed E-state index contributed by atoms with van der Waals surface area (Å²) in [5.74, 6) is 3.34. The quantitative estimate of drug-likeness (QED) is 0.174. The number of rotatable bonds is 5. The van der Waals surface area contributed by atoms with Crippen molar-refractivity contribution in [1.82, 2.24) is 19.5 Å². The van der Waals surface area contributed by atoms with E-state index in [1.165, 1.54) is 0 Å². The third kappa shape index (κ3) is 5.17. The van der Waals surface area contributed by atoms with Crippen LogP contribution in [0, 0.1) is 0 Å². The predicted octanol–water partition coefficient (Wildman–Crippen LogP) is 14.0. The van der Waals surface area contributed by atoms with E-state index in [0.29, 0.717) is 17.5 Å². The molecule has 60 heavy (non-hydrogen) atoms. The zero-order valence-corrected chi connectivity index (χ0v) is 32.9. The molecule has 6 heteroatoms. The number of hydrogen-bond donors (Lipinski definition) is 0. The minimum absolute atomic E-state index is 0.402. The molecular weight excluding hydrogens is 737 g/mol. The summed E-state index contributed by atoms with van der Waals surface area (Å²) in [7, 11) is 0. The van der Waals surface area contributed by atoms with E-state index in [9.17, 15) is 0 Å². The van der Waals surface area contributed by atoms with Crippen LogP contribution in [0.25, 0.3) is 94.7 Å². The largest absolute Gasteiger partial charge is 0.455 e. The molecule has 0 fully saturated rings. The second kappa shape index (κ2) is 13.1. The van der Waals surface area contributed by atoms with Crippen molar-refractivity contribution in [3.05, 3.63) is 193 Å². The Balaban J connectivity index is 1.06. The molecule has 11 aromatic rings. The lowest BCUT2D eigenvalue weighted by molar-refractivity contribution is 0.421. The first-order valence-electron chi connectivity index (χ1n) is 20.3. The monoisotopic (exact) mass is 772 g/mol. The lowest BCUT2D eigenvalue weighted by Gasteiger charge is -2.36. The number of ether oxygens (including phenoxy) is 1. The molecule has 3 aromatic heterocycles. The summed E-state index contributed by atoms with van der Waals surface area (Å²) < 4.78 is 16.3. The zero-order chi connectivity index (χ0) is 40.0. The van der Waals surface area contributed by atoms with Gasteiger partial charge < -0.3 is 13.7 Å². The van der Waals surface area contributed by atoms with E-state index in [0.717, 1.165) is 99.9 Å². The molecule has 284 valence electrons. The summed E-state index contributed by atoms with van der Waals surface area (Å²) in [4.78, 5) is 15.2. The molecule has 8 aromatic carbocycles. The van der Waals surface area contributed by atoms with Crippen LogP contribution in [-0.2, 0) is 5.41 Å². The smallest absolute Gasteiger partial charge is 0.167 e. The Bertz CT molecular complexity index is 3420. The summed E-state index contributed by atoms with van der Waals surface area (Å²) in [6.07, 6.45) is 0. The molecule has 6 nitrogen and oxygen atoms in total. The van der Waals surface area contributed by atoms with Crippen molar-refractivity contribution in [3.63, 3.8) is 0 Å². The van der Waals surface area contributed by atoms with Gasteiger partial charge in [0.1, 0.15) is 22.7 Å². The van der Waals surface area contributed by atoms with Gasteiger partial charge in [0, 0.05) is 55.1 Å². The van der Waals surface area contributed by atoms with E-state index in [-0.39, 0.29) is 0 Å². The van der Waals surface area contributed by atoms with Crippen molar-refractivity contribution < 1.29 is 9.15 Å². The Morgan fingerprint density at radius 3 is 1.73 bits per heavy atom. The normalized spacial score (nSPS) is 13.1. The van der Waals surface area contributed by atoms with Crippen LogP contribution in [0.3, 0.4) is 0 Å². The van der Waals surface area contributed by atoms with Gasteiger partial charge in [-0.1, -0.05) is 147 Å². The number of benzene rings is 8. The van der Waals surface area contributed by atoms with Crippen molar-refractivity contribution in [1.29, 1.82) is 0 Å². The molecule has 1 aliphatic rings. The van der Waals surface area contributed by atoms with Gasteiger partial charge in [0.15, 0.2) is 17.5 Å². The Morgan fingerprint density at radius 1 is 0.450 bits per heavy atom. The molecule has 0 saturated carbocycles. The third-order valence-electron chi connectivity index (χ3n) is 12.1. The average molecular weight is 773 g/mol. The molecule has 0 spiro atoms. The van der Waals surface area contributed by atoms with Crippen LogP contribution in [-0.4, -0.2) is 19.5 Å². The van der Waals surface area contributed by atoms with Gasteiger partial charge in [-0.25, -0.2) is 15.0 Å². The second-order valence-electron chi connectivity index (χ2n) is 16.0. The minimum atomic E-state index is -0.402. The van der Waals surface area contributed by atoms with E-state index >= 15 is 0 Å². The molecule has 12 rings (SSSR count). The van der Waals surface area contributed by atoms with Gasteiger partial charge in [-0.2, -0.15) is 0 Å². The molecule has 0 atom stereocenters. The number of fused-ring (bicyclic) bond motifs is 9. The summed E-state index contributed by atoms with van der Waals surface area (Å²) in [6.45, 7) is 4.54. The highest BCUT2D eigenvalue weighted by molar-refractivity contribution is 6.24. The average Bonchev–Trinajstić information content (AvgIpc) is 3.85. The molecule has 4 heterocycles. The van der Waals surface area contributed by atoms with Crippen molar-refractivity contribution in [2.45, 2.75) is 19.3 Å². The first kappa shape index (κ1) is 34.2. The van der Waals surface area contributed by atoms with E-state index in [1.54, 1.807) is 0 Å². The minimum Gasteiger partial charge on any atom is -0.455 e. The van der Waals surface area contributed by atoms with Crippen LogP contribution >= 0.6 is 0 Å². The summed E-state index contributed by atoms with van der Waals surface area (Å²) in [5.41, 5.74) is 11.5. The van der Waals surface area contributed by atoms with Crippen molar-refractivity contribution in [2.75, 3.05) is 0 Å². The van der Waals surface area contributed by atoms with Crippen molar-refractivity contribution in [2.24, 2.45) is 0 Å². The van der Waals surface area contributed by atoms with Gasteiger partial charge in [-0.05, 0) is 54.1 Å². The van der Waals surface area contributed by atoms with Gasteiger partial charge in [-0.15, -0.1) is 0 Å². The fraction of sp³-hybridized carbons (Fsp3) is 0.0556. The van der Waals surface area contributed by atoms with Gasteiger partial charge >= 0.3 is 0 Å². The molecule has 0 bridgehead atoms. The fourth-order valence-corrected chi connectivity index (χ4v) is 9.17. The first-order chi connectivity index (χ1) is 29.5. The summed E-state index contributed by atoms with van der Waals surface area (Å²) in [6, 6.07) is 63.0. The molecule has 1 aliphatic heterocycles. The van der Waals surface area contributed by atoms with Crippen LogP contribution < -0.4 is 4.74 Å². The molecule has 0 saturated heterocycles. The van der Waals surface area contributed by atoms with Gasteiger partial charge in [0.2, 0.25) is 0 Å². The Morgan fingerprint density at radius 2 is 1.03 bits per heavy atom. The Labute approximate surface area is 346 Å². The molecule has 0 radical (unpaired) electrons. The lowest BCUT2D eigenvalue weighted by Crippen LogP contribution is -2.25. The predicted molar refractivity (Wildman–Crippen MR) is 242 cm³/mol. The summed E-state index contributed by atoms with van der Waals surface area (Å²) in [5, 5.41) is 4.41. The second-order valence-corrected chi connectivity index (χ2v) is 16.0. The van der Waals surface area contributed by atoms with Crippen molar-refractivity contribution in [3.8, 4) is 62.5 Å². The van der Waals surface area contributed by atoms with Crippen LogP contribution in [0.5, 0.6) is 11.5 Å². The number of furan rings is 1. The van der Waals surface area contributed by atoms with E-state index < -0.39 is 5.41 Å². The highest BCUT2D eigenvalue weighted by atomic mass is 16.5. The van der Waals surface area contributed by atoms with Crippen LogP contribution in [0.1, 0.15) is 25.0 Å². The number of hydrogen-bond acceptors (Lipinski definition) is 5. The highest BCUT2D eigenvalue weighted by Crippen LogP contribution is 2.54. The molecule has 0 N–H and O–H groups in total. The molecule has 0 amide bonds. The number of nitrogens with zero attached hydrogens (tertiary/aromatic N) is 4. The SMILES string of the molecule is CC1(C)c2cccc(-c3ccc4c(c3)c3c5oc6ccccc6c5ccc3n4-c3ccccc3)c2Oc2c(-c3nc(-c4ccccc4)nc(-c4ccccc4)n3)cccc21. The van der Waals surface area contributed by atoms with Gasteiger partial charge in [0.25, 0.3) is 0 Å². The Hall–Kier alpha value is -7.83. The molecule has 0 aliphatic carbocycles. The molecule has 0 unspecified atom stereocenters. The molecular formula is C54H36N4O2. The third-order valence-corrected chi connectivity index (χ3v) is 12.1. The number of para-hydroxylation sites is 4.